The Hall–Kier alpha value is -0.883. The minimum atomic E-state index is -1.84. The van der Waals surface area contributed by atoms with E-state index in [1.54, 1.807) is 7.05 Å². The van der Waals surface area contributed by atoms with Gasteiger partial charge in [-0.3, -0.25) is 14.4 Å². The van der Waals surface area contributed by atoms with E-state index < -0.39 is 8.07 Å². The molecular weight excluding hydrogens is 274 g/mol. The fourth-order valence-electron chi connectivity index (χ4n) is 1.92. The fourth-order valence-corrected chi connectivity index (χ4v) is 4.51. The number of ether oxygens (including phenoxy) is 1. The van der Waals surface area contributed by atoms with Gasteiger partial charge < -0.3 is 4.74 Å². The third-order valence-corrected chi connectivity index (χ3v) is 11.0. The van der Waals surface area contributed by atoms with Crippen LogP contribution in [0.3, 0.4) is 0 Å². The van der Waals surface area contributed by atoms with Crippen molar-refractivity contribution in [2.75, 3.05) is 21.3 Å². The molecule has 0 fully saturated rings. The van der Waals surface area contributed by atoms with Crippen LogP contribution >= 0.6 is 0 Å². The summed E-state index contributed by atoms with van der Waals surface area (Å²) in [5.74, 6) is -0.362. The zero-order chi connectivity index (χ0) is 16.1. The topological polar surface area (TPSA) is 55.8 Å². The predicted molar refractivity (Wildman–Crippen MR) is 82.0 cm³/mol. The van der Waals surface area contributed by atoms with Gasteiger partial charge in [0.25, 0.3) is 0 Å². The van der Waals surface area contributed by atoms with Crippen LogP contribution in [0, 0.1) is 0 Å². The van der Waals surface area contributed by atoms with Gasteiger partial charge in [-0.2, -0.15) is 0 Å². The van der Waals surface area contributed by atoms with Crippen molar-refractivity contribution in [3.05, 3.63) is 0 Å². The lowest BCUT2D eigenvalue weighted by molar-refractivity contribution is -0.168. The first-order valence-corrected chi connectivity index (χ1v) is 9.92. The van der Waals surface area contributed by atoms with Crippen LogP contribution in [0.5, 0.6) is 0 Å². The molecule has 0 aliphatic rings. The van der Waals surface area contributed by atoms with E-state index in [2.05, 4.69) is 33.9 Å². The normalized spacial score (nSPS) is 13.8. The summed E-state index contributed by atoms with van der Waals surface area (Å²) in [7, 11) is 2.59. The molecule has 0 radical (unpaired) electrons. The Labute approximate surface area is 123 Å². The third-order valence-electron chi connectivity index (χ3n) is 4.64. The first kappa shape index (κ1) is 19.1. The molecule has 0 spiro atoms. The monoisotopic (exact) mass is 303 g/mol. The molecule has 6 heteroatoms. The lowest BCUT2D eigenvalue weighted by Gasteiger charge is -2.43. The number of carbonyl (C=O) groups is 2. The zero-order valence-electron chi connectivity index (χ0n) is 14.1. The predicted octanol–water partition coefficient (Wildman–Crippen LogP) is 2.84. The van der Waals surface area contributed by atoms with Gasteiger partial charge in [0.1, 0.15) is 0 Å². The summed E-state index contributed by atoms with van der Waals surface area (Å²) in [4.78, 5) is 28.7. The van der Waals surface area contributed by atoms with E-state index in [0.29, 0.717) is 6.42 Å². The van der Waals surface area contributed by atoms with Crippen LogP contribution in [0.4, 0.5) is 0 Å². The standard InChI is InChI=1S/C14H29NO4Si/c1-14(2,3)20(7,8)11(10-13(17)18-5)9-12(16)15(4)19-6/h11H,9-10H2,1-8H3/t11-/m1/s1. The Morgan fingerprint density at radius 2 is 1.65 bits per heavy atom. The van der Waals surface area contributed by atoms with Crippen molar-refractivity contribution in [1.29, 1.82) is 0 Å². The number of hydrogen-bond donors (Lipinski definition) is 0. The van der Waals surface area contributed by atoms with Crippen LogP contribution < -0.4 is 0 Å². The smallest absolute Gasteiger partial charge is 0.305 e. The Morgan fingerprint density at radius 3 is 2.00 bits per heavy atom. The van der Waals surface area contributed by atoms with Gasteiger partial charge in [0, 0.05) is 19.9 Å². The highest BCUT2D eigenvalue weighted by molar-refractivity contribution is 6.81. The van der Waals surface area contributed by atoms with Gasteiger partial charge in [0.2, 0.25) is 5.91 Å². The molecule has 0 aromatic carbocycles. The second-order valence-electron chi connectivity index (χ2n) is 6.73. The van der Waals surface area contributed by atoms with Crippen LogP contribution in [0.2, 0.25) is 23.7 Å². The number of hydroxylamine groups is 2. The Bertz CT molecular complexity index is 350. The summed E-state index contributed by atoms with van der Waals surface area (Å²) >= 11 is 0. The molecule has 0 aromatic rings. The lowest BCUT2D eigenvalue weighted by atomic mass is 10.2. The molecule has 0 aliphatic carbocycles. The van der Waals surface area contributed by atoms with E-state index in [1.807, 2.05) is 0 Å². The fraction of sp³-hybridized carbons (Fsp3) is 0.857. The molecule has 0 unspecified atom stereocenters. The SMILES string of the molecule is COC(=O)C[C@@H](CC(=O)N(C)OC)[Si](C)(C)C(C)(C)C. The molecule has 0 aliphatic heterocycles. The van der Waals surface area contributed by atoms with Crippen LogP contribution in [0.1, 0.15) is 33.6 Å². The van der Waals surface area contributed by atoms with Gasteiger partial charge in [-0.05, 0) is 10.6 Å². The van der Waals surface area contributed by atoms with Crippen molar-refractivity contribution in [1.82, 2.24) is 5.06 Å². The summed E-state index contributed by atoms with van der Waals surface area (Å²) in [5.41, 5.74) is 0.0278. The van der Waals surface area contributed by atoms with Crippen molar-refractivity contribution in [3.63, 3.8) is 0 Å². The maximum atomic E-state index is 12.1. The van der Waals surface area contributed by atoms with E-state index in [-0.39, 0.29) is 28.9 Å². The van der Waals surface area contributed by atoms with Gasteiger partial charge in [-0.25, -0.2) is 5.06 Å². The molecular formula is C14H29NO4Si. The molecule has 1 amide bonds. The highest BCUT2D eigenvalue weighted by atomic mass is 28.3. The molecule has 0 heterocycles. The number of amides is 1. The van der Waals surface area contributed by atoms with Crippen molar-refractivity contribution < 1.29 is 19.2 Å². The van der Waals surface area contributed by atoms with E-state index >= 15 is 0 Å². The quantitative estimate of drug-likeness (QED) is 0.430. The molecule has 0 bridgehead atoms. The van der Waals surface area contributed by atoms with Gasteiger partial charge in [0.15, 0.2) is 0 Å². The Morgan fingerprint density at radius 1 is 1.15 bits per heavy atom. The molecule has 0 rings (SSSR count). The summed E-state index contributed by atoms with van der Waals surface area (Å²) in [6, 6.07) is 0. The van der Waals surface area contributed by atoms with Crippen molar-refractivity contribution in [2.45, 2.75) is 57.3 Å². The molecule has 5 nitrogen and oxygen atoms in total. The largest absolute Gasteiger partial charge is 0.469 e. The Kier molecular flexibility index (Phi) is 6.90. The summed E-state index contributed by atoms with van der Waals surface area (Å²) < 4.78 is 4.78. The van der Waals surface area contributed by atoms with Crippen LogP contribution in [-0.4, -0.2) is 46.3 Å². The minimum Gasteiger partial charge on any atom is -0.469 e. The first-order valence-electron chi connectivity index (χ1n) is 6.84. The maximum absolute atomic E-state index is 12.1. The van der Waals surface area contributed by atoms with E-state index in [0.717, 1.165) is 0 Å². The molecule has 20 heavy (non-hydrogen) atoms. The summed E-state index contributed by atoms with van der Waals surface area (Å²) in [5, 5.41) is 1.31. The summed E-state index contributed by atoms with van der Waals surface area (Å²) in [6.45, 7) is 11.0. The highest BCUT2D eigenvalue weighted by Crippen LogP contribution is 2.46. The van der Waals surface area contributed by atoms with Crippen molar-refractivity contribution in [3.8, 4) is 0 Å². The number of rotatable bonds is 6. The zero-order valence-corrected chi connectivity index (χ0v) is 15.1. The van der Waals surface area contributed by atoms with Gasteiger partial charge >= 0.3 is 5.97 Å². The second kappa shape index (κ2) is 7.22. The second-order valence-corrected chi connectivity index (χ2v) is 12.5. The van der Waals surface area contributed by atoms with E-state index in [1.165, 1.54) is 19.3 Å². The minimum absolute atomic E-state index is 0.0278. The van der Waals surface area contributed by atoms with Gasteiger partial charge in [-0.1, -0.05) is 33.9 Å². The average molecular weight is 303 g/mol. The van der Waals surface area contributed by atoms with Gasteiger partial charge in [-0.15, -0.1) is 0 Å². The van der Waals surface area contributed by atoms with E-state index in [9.17, 15) is 9.59 Å². The first-order chi connectivity index (χ1) is 8.97. The molecule has 0 saturated carbocycles. The number of hydrogen-bond acceptors (Lipinski definition) is 4. The van der Waals surface area contributed by atoms with Crippen LogP contribution in [0.15, 0.2) is 0 Å². The Balaban J connectivity index is 5.19. The van der Waals surface area contributed by atoms with Crippen LogP contribution in [-0.2, 0) is 19.2 Å². The number of nitrogens with zero attached hydrogens (tertiary/aromatic N) is 1. The van der Waals surface area contributed by atoms with Gasteiger partial charge in [0.05, 0.1) is 22.3 Å². The molecule has 1 atom stereocenters. The molecule has 118 valence electrons. The lowest BCUT2D eigenvalue weighted by Crippen LogP contribution is -2.45. The maximum Gasteiger partial charge on any atom is 0.305 e. The van der Waals surface area contributed by atoms with Crippen molar-refractivity contribution >= 4 is 20.0 Å². The summed E-state index contributed by atoms with van der Waals surface area (Å²) in [6.07, 6.45) is 0.603. The van der Waals surface area contributed by atoms with Crippen LogP contribution in [0.25, 0.3) is 0 Å². The number of carbonyl (C=O) groups excluding carboxylic acids is 2. The third kappa shape index (κ3) is 4.90. The molecule has 0 saturated heterocycles. The van der Waals surface area contributed by atoms with Crippen molar-refractivity contribution in [2.24, 2.45) is 0 Å². The molecule has 0 aromatic heterocycles. The molecule has 0 N–H and O–H groups in total. The number of esters is 1. The van der Waals surface area contributed by atoms with E-state index in [4.69, 9.17) is 9.57 Å². The average Bonchev–Trinajstić information content (AvgIpc) is 2.34. The number of methoxy groups -OCH3 is 1. The highest BCUT2D eigenvalue weighted by Gasteiger charge is 2.44.